The highest BCUT2D eigenvalue weighted by molar-refractivity contribution is 9.10. The number of imidazole rings is 3. The molecule has 4 aliphatic heterocycles. The number of halogens is 3. The van der Waals surface area contributed by atoms with E-state index in [4.69, 9.17) is 17.1 Å². The number of fused-ring (bicyclic) bond motifs is 3. The fraction of sp³-hybridized carbons (Fsp3) is 0.391. The summed E-state index contributed by atoms with van der Waals surface area (Å²) in [6.07, 6.45) is 4.22. The highest BCUT2D eigenvalue weighted by Crippen LogP contribution is 2.27. The Balaban J connectivity index is 0.000000263. The van der Waals surface area contributed by atoms with Crippen molar-refractivity contribution in [3.8, 4) is 6.07 Å². The molecule has 3 aromatic carbocycles. The van der Waals surface area contributed by atoms with E-state index >= 15 is 0 Å². The molecule has 0 aliphatic carbocycles. The summed E-state index contributed by atoms with van der Waals surface area (Å²) in [4.78, 5) is 107. The number of carbonyl (C=O) groups is 6. The molecule has 10 rings (SSSR count). The highest BCUT2D eigenvalue weighted by Gasteiger charge is 2.33. The zero-order valence-electron chi connectivity index (χ0n) is 40.8. The zero-order chi connectivity index (χ0) is 51.0. The molecule has 388 valence electrons. The molecule has 6 amide bonds. The molecule has 0 spiro atoms. The first-order valence-electron chi connectivity index (χ1n) is 22.5. The molecule has 0 bridgehead atoms. The van der Waals surface area contributed by atoms with Crippen LogP contribution in [-0.4, -0.2) is 83.2 Å². The number of amides is 6. The monoisotopic (exact) mass is 1100 g/mol. The predicted octanol–water partition coefficient (Wildman–Crippen LogP) is 3.07. The van der Waals surface area contributed by atoms with Gasteiger partial charge >= 0.3 is 17.1 Å². The normalized spacial score (nSPS) is 18.3. The number of aromatic nitrogens is 6. The molecule has 4 aliphatic rings. The Bertz CT molecular complexity index is 3260. The van der Waals surface area contributed by atoms with Crippen molar-refractivity contribution in [2.45, 2.75) is 76.0 Å². The van der Waals surface area contributed by atoms with Crippen LogP contribution >= 0.6 is 38.2 Å². The maximum Gasteiger partial charge on any atom is 0.329 e. The topological polar surface area (TPSA) is 313 Å². The number of nitriles is 1. The van der Waals surface area contributed by atoms with Crippen LogP contribution in [0.5, 0.6) is 0 Å². The van der Waals surface area contributed by atoms with E-state index in [2.05, 4.69) is 31.9 Å². The van der Waals surface area contributed by atoms with Gasteiger partial charge in [0.25, 0.3) is 0 Å². The molecular weight excluding hydrogens is 1050 g/mol. The molecule has 6 aromatic rings. The number of piperidine rings is 3. The Hall–Kier alpha value is -6.61. The second-order valence-electron chi connectivity index (χ2n) is 16.3. The predicted molar refractivity (Wildman–Crippen MR) is 277 cm³/mol. The van der Waals surface area contributed by atoms with E-state index in [1.54, 1.807) is 51.5 Å². The lowest BCUT2D eigenvalue weighted by atomic mass is 10.1. The van der Waals surface area contributed by atoms with Crippen molar-refractivity contribution in [1.82, 2.24) is 49.5 Å². The maximum atomic E-state index is 12.4. The van der Waals surface area contributed by atoms with Crippen LogP contribution in [0.2, 0.25) is 0 Å². The van der Waals surface area contributed by atoms with Gasteiger partial charge < -0.3 is 16.6 Å². The Morgan fingerprint density at radius 3 is 1.36 bits per heavy atom. The van der Waals surface area contributed by atoms with Gasteiger partial charge in [0.05, 0.1) is 53.3 Å². The minimum atomic E-state index is -1.00. The van der Waals surface area contributed by atoms with Gasteiger partial charge in [0.1, 0.15) is 18.1 Å². The van der Waals surface area contributed by atoms with Crippen LogP contribution in [0.1, 0.15) is 82.0 Å². The quantitative estimate of drug-likeness (QED) is 0.125. The lowest BCUT2D eigenvalue weighted by molar-refractivity contribution is -0.137. The van der Waals surface area contributed by atoms with Crippen molar-refractivity contribution in [3.63, 3.8) is 0 Å². The second-order valence-corrected chi connectivity index (χ2v) is 17.2. The molecule has 72 heavy (non-hydrogen) atoms. The van der Waals surface area contributed by atoms with Crippen LogP contribution in [0.15, 0.2) is 73.5 Å². The zero-order valence-corrected chi connectivity index (χ0v) is 43.6. The van der Waals surface area contributed by atoms with E-state index in [1.165, 1.54) is 40.2 Å². The van der Waals surface area contributed by atoms with Gasteiger partial charge in [-0.3, -0.25) is 76.5 Å². The third-order valence-corrected chi connectivity index (χ3v) is 12.5. The van der Waals surface area contributed by atoms with E-state index < -0.39 is 43.0 Å². The molecule has 4 unspecified atom stereocenters. The molecule has 4 fully saturated rings. The lowest BCUT2D eigenvalue weighted by Crippen LogP contribution is -2.44. The fourth-order valence-corrected chi connectivity index (χ4v) is 8.85. The molecule has 26 heteroatoms. The number of nitrogens with two attached hydrogens (primary N) is 1. The number of carbonyl (C=O) groups excluding carboxylic acids is 6. The number of nitrogens with zero attached hydrogens (tertiary/aromatic N) is 7. The number of benzene rings is 3. The molecule has 3 aromatic heterocycles. The summed E-state index contributed by atoms with van der Waals surface area (Å²) in [6.45, 7) is 2.38. The van der Waals surface area contributed by atoms with Gasteiger partial charge in [0.15, 0.2) is 0 Å². The average molecular weight is 1110 g/mol. The SMILES string of the molecule is C1CCOC1.Cl.Cn1c(=O)n(C2CCC(=O)NC2=O)c2ccc(Br)cc21.Cn1c(=O)n(C2CCC(=O)NC2=O)c2ccc(C#N)cc21.Cn1c(=O)n(C2CCC(=O)NC2=O)c2ccc(CN)cc21.N.P.[2H]CF. The van der Waals surface area contributed by atoms with Crippen molar-refractivity contribution in [2.24, 2.45) is 26.9 Å². The van der Waals surface area contributed by atoms with Gasteiger partial charge in [-0.2, -0.15) is 15.2 Å². The van der Waals surface area contributed by atoms with Crippen LogP contribution in [0.4, 0.5) is 4.39 Å². The van der Waals surface area contributed by atoms with E-state index in [0.29, 0.717) is 53.4 Å². The van der Waals surface area contributed by atoms with Crippen molar-refractivity contribution in [2.75, 3.05) is 20.4 Å². The van der Waals surface area contributed by atoms with E-state index in [9.17, 15) is 47.5 Å². The Labute approximate surface area is 430 Å². The van der Waals surface area contributed by atoms with Gasteiger partial charge in [0, 0.05) is 64.6 Å². The molecule has 4 saturated heterocycles. The minimum Gasteiger partial charge on any atom is -0.381 e. The maximum absolute atomic E-state index is 12.4. The largest absolute Gasteiger partial charge is 0.381 e. The lowest BCUT2D eigenvalue weighted by Gasteiger charge is -2.21. The van der Waals surface area contributed by atoms with Crippen LogP contribution in [0.25, 0.3) is 33.1 Å². The minimum absolute atomic E-state index is 0. The first kappa shape index (κ1) is 58.0. The van der Waals surface area contributed by atoms with Crippen LogP contribution < -0.4 is 44.9 Å². The summed E-state index contributed by atoms with van der Waals surface area (Å²) >= 11 is 3.37. The van der Waals surface area contributed by atoms with Gasteiger partial charge in [-0.15, -0.1) is 12.4 Å². The molecular formula is C46H58BrClFN12O10P. The third-order valence-electron chi connectivity index (χ3n) is 12.1. The summed E-state index contributed by atoms with van der Waals surface area (Å²) in [5.74, 6) is -2.22. The van der Waals surface area contributed by atoms with Gasteiger partial charge in [0.2, 0.25) is 35.4 Å². The molecule has 22 nitrogen and oxygen atoms in total. The summed E-state index contributed by atoms with van der Waals surface area (Å²) < 4.78 is 30.0. The Morgan fingerprint density at radius 2 is 1.01 bits per heavy atom. The number of ether oxygens (including phenoxy) is 1. The van der Waals surface area contributed by atoms with Crippen molar-refractivity contribution < 1.29 is 39.3 Å². The number of hydrogen-bond donors (Lipinski definition) is 5. The van der Waals surface area contributed by atoms with Gasteiger partial charge in [-0.05, 0) is 86.2 Å². The van der Waals surface area contributed by atoms with E-state index in [0.717, 1.165) is 34.3 Å². The first-order chi connectivity index (χ1) is 33.4. The molecule has 0 radical (unpaired) electrons. The molecule has 7 heterocycles. The number of hydrogen-bond acceptors (Lipinski definition) is 13. The first-order valence-corrected chi connectivity index (χ1v) is 22.6. The number of nitrogens with one attached hydrogen (secondary N) is 3. The van der Waals surface area contributed by atoms with Crippen LogP contribution in [0, 0.1) is 11.3 Å². The number of aryl methyl sites for hydroxylation is 3. The third kappa shape index (κ3) is 12.5. The summed E-state index contributed by atoms with van der Waals surface area (Å²) in [7, 11) is 3.92. The summed E-state index contributed by atoms with van der Waals surface area (Å²) in [5.41, 5.74) is 10.1. The molecule has 8 N–H and O–H groups in total. The van der Waals surface area contributed by atoms with Crippen molar-refractivity contribution in [3.05, 3.63) is 102 Å². The van der Waals surface area contributed by atoms with Gasteiger partial charge in [-0.25, -0.2) is 14.4 Å². The smallest absolute Gasteiger partial charge is 0.329 e. The summed E-state index contributed by atoms with van der Waals surface area (Å²) in [6, 6.07) is 15.8. The van der Waals surface area contributed by atoms with E-state index in [-0.39, 0.29) is 82.5 Å². The fourth-order valence-electron chi connectivity index (χ4n) is 8.51. The van der Waals surface area contributed by atoms with Crippen molar-refractivity contribution in [1.29, 1.82) is 5.26 Å². The number of imide groups is 3. The van der Waals surface area contributed by atoms with E-state index in [1.807, 2.05) is 30.3 Å². The Morgan fingerprint density at radius 1 is 0.653 bits per heavy atom. The second kappa shape index (κ2) is 26.2. The number of rotatable bonds is 4. The highest BCUT2D eigenvalue weighted by atomic mass is 79.9. The molecule has 0 saturated carbocycles. The summed E-state index contributed by atoms with van der Waals surface area (Å²) in [5, 5.41) is 15.8. The Kier molecular flexibility index (Phi) is 21.1. The van der Waals surface area contributed by atoms with Crippen molar-refractivity contribution >= 4 is 107 Å². The standard InChI is InChI=1S/C14H16N4O3.C14H12N4O3.C13H12BrN3O3.C4H8O.CH3F.ClH.H3N.H3P/c2*1-17-11-6-8(7-15)2-3-9(11)18(14(17)21)10-4-5-12(19)16-13(10)20;1-16-10-6-7(14)2-3-8(10)17(13(16)20)9-4-5-11(18)15-12(9)19;1-2-4-5-3-1;1-2;;;/h2-3,6,10H,4-5,7,15H2,1H3,(H,16,19,20);2-3,6,10H,4-5H2,1H3,(H,16,19,20);2-3,6,9H,4-5H2,1H3,(H,15,18,19);1-4H2;1H3;1H;2*1H3/i;;;;1D;;;. The number of alkyl halides is 1. The van der Waals surface area contributed by atoms with Crippen LogP contribution in [-0.2, 0) is 61.2 Å². The van der Waals surface area contributed by atoms with Crippen LogP contribution in [0.3, 0.4) is 0 Å². The van der Waals surface area contributed by atoms with Gasteiger partial charge in [-0.1, -0.05) is 22.0 Å². The average Bonchev–Trinajstić information content (AvgIpc) is 4.11. The molecule has 4 atom stereocenters.